The number of hydrogen-bond acceptors (Lipinski definition) is 14. The number of thiazole rings is 1. The molecule has 4 heterocycles. The molecule has 6 rings (SSSR count). The van der Waals surface area contributed by atoms with Crippen LogP contribution in [-0.4, -0.2) is 77.4 Å². The molecule has 4 aromatic rings. The van der Waals surface area contributed by atoms with Crippen molar-refractivity contribution in [2.24, 2.45) is 10.6 Å². The maximum atomic E-state index is 14.2. The highest BCUT2D eigenvalue weighted by atomic mass is 32.2. The Bertz CT molecular complexity index is 1630. The molecule has 2 aromatic heterocycles. The number of nitrogens with two attached hydrogens (primary N) is 1. The third-order valence-electron chi connectivity index (χ3n) is 7.19. The van der Waals surface area contributed by atoms with Crippen molar-refractivity contribution in [2.45, 2.75) is 21.9 Å². The summed E-state index contributed by atoms with van der Waals surface area (Å²) in [4.78, 5) is 50.3. The number of nitrogens with one attached hydrogen (secondary N) is 1. The van der Waals surface area contributed by atoms with Crippen LogP contribution < -0.4 is 11.1 Å². The first-order valence-corrected chi connectivity index (χ1v) is 16.9. The summed E-state index contributed by atoms with van der Waals surface area (Å²) in [5, 5.41) is 16.5. The molecule has 2 saturated heterocycles. The predicted octanol–water partition coefficient (Wildman–Crippen LogP) is 3.27. The van der Waals surface area contributed by atoms with Gasteiger partial charge in [-0.2, -0.15) is 4.37 Å². The highest BCUT2D eigenvalue weighted by Crippen LogP contribution is 2.46. The third-order valence-corrected chi connectivity index (χ3v) is 11.5. The number of oxime groups is 1. The lowest BCUT2D eigenvalue weighted by Crippen LogP contribution is -2.74. The van der Waals surface area contributed by atoms with Crippen LogP contribution in [0.2, 0.25) is 0 Å². The van der Waals surface area contributed by atoms with E-state index >= 15 is 0 Å². The minimum atomic E-state index is -1.07. The van der Waals surface area contributed by atoms with Crippen molar-refractivity contribution in [1.29, 1.82) is 0 Å². The number of fused-ring (bicyclic) bond motifs is 1. The van der Waals surface area contributed by atoms with Crippen molar-refractivity contribution in [1.82, 2.24) is 24.6 Å². The summed E-state index contributed by atoms with van der Waals surface area (Å²) < 4.78 is 11.1. The number of thioether (sulfide) groups is 2. The van der Waals surface area contributed by atoms with Crippen LogP contribution in [-0.2, 0) is 19.1 Å². The molecule has 2 aliphatic heterocycles. The van der Waals surface area contributed by atoms with Crippen molar-refractivity contribution in [2.75, 3.05) is 23.8 Å². The molecule has 2 aromatic carbocycles. The van der Waals surface area contributed by atoms with Gasteiger partial charge in [-0.3, -0.25) is 14.4 Å². The molecule has 0 radical (unpaired) electrons. The summed E-state index contributed by atoms with van der Waals surface area (Å²) >= 11 is 5.09. The number of aromatic nitrogens is 3. The molecule has 2 unspecified atom stereocenters. The summed E-state index contributed by atoms with van der Waals surface area (Å²) in [6.45, 7) is 0.0976. The van der Waals surface area contributed by atoms with Crippen molar-refractivity contribution < 1.29 is 24.3 Å². The number of rotatable bonds is 10. The van der Waals surface area contributed by atoms with E-state index in [1.54, 1.807) is 4.90 Å². The van der Waals surface area contributed by atoms with Crippen LogP contribution in [0.15, 0.2) is 81.9 Å². The van der Waals surface area contributed by atoms with Gasteiger partial charge in [-0.05, 0) is 22.7 Å². The van der Waals surface area contributed by atoms with Gasteiger partial charge in [0.15, 0.2) is 21.3 Å². The first kappa shape index (κ1) is 30.1. The van der Waals surface area contributed by atoms with Gasteiger partial charge in [-0.1, -0.05) is 77.6 Å². The summed E-state index contributed by atoms with van der Waals surface area (Å²) in [5.41, 5.74) is 5.99. The lowest BCUT2D eigenvalue weighted by Gasteiger charge is -2.54. The summed E-state index contributed by atoms with van der Waals surface area (Å²) in [7, 11) is 0. The van der Waals surface area contributed by atoms with E-state index in [1.807, 2.05) is 60.7 Å². The van der Waals surface area contributed by atoms with E-state index in [0.29, 0.717) is 15.8 Å². The molecule has 3 atom stereocenters. The molecule has 4 N–H and O–H groups in total. The van der Waals surface area contributed by atoms with Gasteiger partial charge in [-0.15, -0.1) is 23.1 Å². The molecular weight excluding hydrogens is 643 g/mol. The maximum Gasteiger partial charge on any atom is 0.316 e. The molecular formula is C28H25N7O5S4. The van der Waals surface area contributed by atoms with Crippen molar-refractivity contribution in [3.8, 4) is 0 Å². The van der Waals surface area contributed by atoms with E-state index in [2.05, 4.69) is 24.8 Å². The maximum absolute atomic E-state index is 14.2. The number of amides is 2. The highest BCUT2D eigenvalue weighted by Gasteiger charge is 2.58. The Balaban J connectivity index is 1.22. The van der Waals surface area contributed by atoms with Gasteiger partial charge in [0.2, 0.25) is 5.91 Å². The Labute approximate surface area is 268 Å². The number of hydrogen-bond donors (Lipinski definition) is 3. The fourth-order valence-corrected chi connectivity index (χ4v) is 8.80. The largest absolute Gasteiger partial charge is 0.452 e. The van der Waals surface area contributed by atoms with E-state index in [1.165, 1.54) is 46.8 Å². The van der Waals surface area contributed by atoms with Gasteiger partial charge < -0.3 is 25.9 Å². The van der Waals surface area contributed by atoms with Gasteiger partial charge in [0.05, 0.1) is 0 Å². The number of nitrogen functional groups attached to an aromatic ring is 1. The fraction of sp³-hybridized carbons (Fsp3) is 0.250. The van der Waals surface area contributed by atoms with Crippen LogP contribution in [0.25, 0.3) is 0 Å². The van der Waals surface area contributed by atoms with E-state index in [9.17, 15) is 19.6 Å². The third kappa shape index (κ3) is 6.02. The van der Waals surface area contributed by atoms with Gasteiger partial charge >= 0.3 is 5.97 Å². The van der Waals surface area contributed by atoms with E-state index in [4.69, 9.17) is 10.5 Å². The Hall–Kier alpha value is -3.99. The second-order valence-electron chi connectivity index (χ2n) is 10.0. The molecule has 2 fully saturated rings. The first-order valence-electron chi connectivity index (χ1n) is 13.3. The topological polar surface area (TPSA) is 173 Å². The zero-order valence-corrected chi connectivity index (χ0v) is 26.1. The number of β-lactam (4-membered cyclic amide) rings is 1. The van der Waals surface area contributed by atoms with E-state index in [-0.39, 0.29) is 29.0 Å². The Morgan fingerprint density at radius 3 is 2.48 bits per heavy atom. The van der Waals surface area contributed by atoms with Gasteiger partial charge in [0, 0.05) is 23.4 Å². The first-order chi connectivity index (χ1) is 21.4. The van der Waals surface area contributed by atoms with Gasteiger partial charge in [0.1, 0.15) is 28.9 Å². The van der Waals surface area contributed by atoms with Gasteiger partial charge in [0.25, 0.3) is 5.91 Å². The summed E-state index contributed by atoms with van der Waals surface area (Å²) in [6.07, 6.45) is 0.812. The number of nitrogens with zero attached hydrogens (tertiary/aromatic N) is 5. The molecule has 0 bridgehead atoms. The summed E-state index contributed by atoms with van der Waals surface area (Å²) in [6, 6.07) is 18.2. The number of benzene rings is 2. The Morgan fingerprint density at radius 2 is 1.89 bits per heavy atom. The molecule has 2 aliphatic rings. The Kier molecular flexibility index (Phi) is 8.83. The smallest absolute Gasteiger partial charge is 0.316 e. The number of anilines is 1. The normalized spacial score (nSPS) is 21.4. The number of esters is 1. The predicted molar refractivity (Wildman–Crippen MR) is 169 cm³/mol. The summed E-state index contributed by atoms with van der Waals surface area (Å²) in [5.74, 6) is -0.906. The lowest BCUT2D eigenvalue weighted by molar-refractivity contribution is -0.164. The minimum Gasteiger partial charge on any atom is -0.452 e. The zero-order valence-electron chi connectivity index (χ0n) is 22.8. The van der Waals surface area contributed by atoms with Crippen LogP contribution >= 0.6 is 46.4 Å². The number of carbonyl (C=O) groups is 3. The van der Waals surface area contributed by atoms with Crippen LogP contribution in [0.5, 0.6) is 0 Å². The quantitative estimate of drug-likeness (QED) is 0.0566. The molecule has 12 nitrogen and oxygen atoms in total. The van der Waals surface area contributed by atoms with Crippen LogP contribution in [0.4, 0.5) is 5.13 Å². The molecule has 0 aliphatic carbocycles. The van der Waals surface area contributed by atoms with E-state index in [0.717, 1.165) is 22.5 Å². The van der Waals surface area contributed by atoms with Crippen LogP contribution in [0, 0.1) is 5.41 Å². The monoisotopic (exact) mass is 667 g/mol. The average Bonchev–Trinajstić information content (AvgIpc) is 3.74. The highest BCUT2D eigenvalue weighted by molar-refractivity contribution is 8.01. The van der Waals surface area contributed by atoms with Crippen molar-refractivity contribution in [3.63, 3.8) is 0 Å². The second-order valence-corrected chi connectivity index (χ2v) is 14.0. The fourth-order valence-electron chi connectivity index (χ4n) is 4.96. The SMILES string of the molecule is Nc1nc(C(=NO)C(=O)NC2C(=O)N3CC(CSc4ncns4)(C(=O)OC(c4ccccc4)c4ccccc4)CS[C@H]23)cs1. The molecule has 16 heteroatoms. The van der Waals surface area contributed by atoms with Crippen LogP contribution in [0.3, 0.4) is 0 Å². The van der Waals surface area contributed by atoms with Crippen molar-refractivity contribution in [3.05, 3.63) is 89.2 Å². The minimum absolute atomic E-state index is 0.0976. The molecule has 44 heavy (non-hydrogen) atoms. The molecule has 226 valence electrons. The average molecular weight is 668 g/mol. The number of ether oxygens (including phenoxy) is 1. The molecule has 2 amide bonds. The van der Waals surface area contributed by atoms with Crippen molar-refractivity contribution >= 4 is 75.0 Å². The zero-order chi connectivity index (χ0) is 30.7. The van der Waals surface area contributed by atoms with Gasteiger partial charge in [-0.25, -0.2) is 9.97 Å². The molecule has 0 spiro atoms. The standard InChI is InChI=1S/C28H25N7O5S4/c29-26-32-18(11-41-26)19(34-39)22(36)33-20-23(37)35-12-28(13-42-24(20)35,14-43-27-30-15-31-44-27)25(38)40-21(16-7-3-1-4-8-16)17-9-5-2-6-10-17/h1-11,15,20-21,24,39H,12-14H2,(H2,29,32)(H,33,36)/t20?,24-,28?/m1/s1. The van der Waals surface area contributed by atoms with E-state index < -0.39 is 34.8 Å². The molecule has 0 saturated carbocycles. The van der Waals surface area contributed by atoms with Crippen LogP contribution in [0.1, 0.15) is 22.9 Å². The lowest BCUT2D eigenvalue weighted by atomic mass is 9.88. The second kappa shape index (κ2) is 12.9. The Morgan fingerprint density at radius 1 is 1.18 bits per heavy atom. The number of carbonyl (C=O) groups excluding carboxylic acids is 3.